The normalized spacial score (nSPS) is 9.94. The van der Waals surface area contributed by atoms with Gasteiger partial charge in [0.15, 0.2) is 0 Å². The molecule has 0 bridgehead atoms. The Bertz CT molecular complexity index is 381. The number of carboxylic acid groups (broad SMARTS) is 1. The van der Waals surface area contributed by atoms with Crippen LogP contribution in [0.3, 0.4) is 0 Å². The number of hydrogen-bond acceptors (Lipinski definition) is 3. The van der Waals surface area contributed by atoms with Gasteiger partial charge in [0.1, 0.15) is 5.75 Å². The molecule has 0 heterocycles. The molecule has 0 unspecified atom stereocenters. The molecule has 17 heavy (non-hydrogen) atoms. The zero-order valence-electron chi connectivity index (χ0n) is 9.81. The summed E-state index contributed by atoms with van der Waals surface area (Å²) in [5, 5.41) is 8.39. The maximum absolute atomic E-state index is 10.8. The van der Waals surface area contributed by atoms with Crippen molar-refractivity contribution in [1.82, 2.24) is 0 Å². The quantitative estimate of drug-likeness (QED) is 0.581. The van der Waals surface area contributed by atoms with E-state index in [-0.39, 0.29) is 6.42 Å². The SMILES string of the molecule is COc1ccc(CCCCC(=O)C(=O)O)cc1. The van der Waals surface area contributed by atoms with Gasteiger partial charge in [-0.05, 0) is 37.0 Å². The number of ether oxygens (including phenoxy) is 1. The first-order valence-corrected chi connectivity index (χ1v) is 5.52. The average molecular weight is 236 g/mol. The van der Waals surface area contributed by atoms with E-state index in [4.69, 9.17) is 9.84 Å². The molecule has 0 radical (unpaired) electrons. The number of Topliss-reactive ketones (excluding diaryl/α,β-unsaturated/α-hetero) is 1. The summed E-state index contributed by atoms with van der Waals surface area (Å²) in [6.45, 7) is 0. The highest BCUT2D eigenvalue weighted by Gasteiger charge is 2.09. The van der Waals surface area contributed by atoms with Crippen LogP contribution < -0.4 is 4.74 Å². The molecule has 0 saturated heterocycles. The Morgan fingerprint density at radius 3 is 2.35 bits per heavy atom. The smallest absolute Gasteiger partial charge is 0.372 e. The van der Waals surface area contributed by atoms with Crippen molar-refractivity contribution in [3.05, 3.63) is 29.8 Å². The first-order valence-electron chi connectivity index (χ1n) is 5.52. The predicted octanol–water partition coefficient (Wildman–Crippen LogP) is 2.06. The Balaban J connectivity index is 2.26. The van der Waals surface area contributed by atoms with Gasteiger partial charge >= 0.3 is 5.97 Å². The third-order valence-electron chi connectivity index (χ3n) is 2.52. The van der Waals surface area contributed by atoms with Crippen molar-refractivity contribution < 1.29 is 19.4 Å². The summed E-state index contributed by atoms with van der Waals surface area (Å²) in [6, 6.07) is 7.71. The van der Waals surface area contributed by atoms with E-state index in [9.17, 15) is 9.59 Å². The number of hydrogen-bond donors (Lipinski definition) is 1. The van der Waals surface area contributed by atoms with Crippen LogP contribution in [-0.2, 0) is 16.0 Å². The first-order chi connectivity index (χ1) is 8.13. The van der Waals surface area contributed by atoms with Gasteiger partial charge in [-0.3, -0.25) is 4.79 Å². The molecule has 0 fully saturated rings. The minimum atomic E-state index is -1.34. The Morgan fingerprint density at radius 1 is 1.18 bits per heavy atom. The van der Waals surface area contributed by atoms with Crippen LogP contribution in [0.4, 0.5) is 0 Å². The highest BCUT2D eigenvalue weighted by atomic mass is 16.5. The number of ketones is 1. The fourth-order valence-electron chi connectivity index (χ4n) is 1.51. The van der Waals surface area contributed by atoms with Crippen molar-refractivity contribution >= 4 is 11.8 Å². The molecule has 0 aliphatic heterocycles. The molecule has 1 aromatic rings. The van der Waals surface area contributed by atoms with E-state index in [2.05, 4.69) is 0 Å². The lowest BCUT2D eigenvalue weighted by Gasteiger charge is -2.03. The molecular formula is C13H16O4. The van der Waals surface area contributed by atoms with Crippen LogP contribution in [0.1, 0.15) is 24.8 Å². The highest BCUT2D eigenvalue weighted by molar-refractivity contribution is 6.32. The van der Waals surface area contributed by atoms with E-state index >= 15 is 0 Å². The van der Waals surface area contributed by atoms with Crippen molar-refractivity contribution in [2.24, 2.45) is 0 Å². The van der Waals surface area contributed by atoms with Crippen LogP contribution in [0.2, 0.25) is 0 Å². The zero-order chi connectivity index (χ0) is 12.7. The molecule has 4 heteroatoms. The number of carboxylic acids is 1. The number of benzene rings is 1. The number of unbranched alkanes of at least 4 members (excludes halogenated alkanes) is 1. The van der Waals surface area contributed by atoms with E-state index in [0.29, 0.717) is 6.42 Å². The summed E-state index contributed by atoms with van der Waals surface area (Å²) in [6.07, 6.45) is 2.38. The Kier molecular flexibility index (Phi) is 5.20. The minimum absolute atomic E-state index is 0.117. The number of carbonyl (C=O) groups excluding carboxylic acids is 1. The number of aliphatic carboxylic acids is 1. The van der Waals surface area contributed by atoms with Gasteiger partial charge in [0.25, 0.3) is 0 Å². The molecule has 1 rings (SSSR count). The van der Waals surface area contributed by atoms with Gasteiger partial charge < -0.3 is 9.84 Å². The van der Waals surface area contributed by atoms with Crippen molar-refractivity contribution in [1.29, 1.82) is 0 Å². The Hall–Kier alpha value is -1.84. The number of rotatable bonds is 7. The third kappa shape index (κ3) is 4.68. The van der Waals surface area contributed by atoms with Crippen LogP contribution in [0, 0.1) is 0 Å². The largest absolute Gasteiger partial charge is 0.497 e. The number of carbonyl (C=O) groups is 2. The van der Waals surface area contributed by atoms with Crippen molar-refractivity contribution in [3.63, 3.8) is 0 Å². The topological polar surface area (TPSA) is 63.6 Å². The standard InChI is InChI=1S/C13H16O4/c1-17-11-8-6-10(7-9-11)4-2-3-5-12(14)13(15)16/h6-9H,2-5H2,1H3,(H,15,16). The molecule has 0 aliphatic rings. The molecular weight excluding hydrogens is 220 g/mol. The molecule has 0 aliphatic carbocycles. The van der Waals surface area contributed by atoms with E-state index in [1.54, 1.807) is 7.11 Å². The van der Waals surface area contributed by atoms with Gasteiger partial charge in [-0.15, -0.1) is 0 Å². The maximum atomic E-state index is 10.8. The van der Waals surface area contributed by atoms with Crippen LogP contribution in [0.15, 0.2) is 24.3 Å². The average Bonchev–Trinajstić information content (AvgIpc) is 2.35. The summed E-state index contributed by atoms with van der Waals surface area (Å²) in [4.78, 5) is 21.1. The zero-order valence-corrected chi connectivity index (χ0v) is 9.81. The molecule has 0 amide bonds. The number of aryl methyl sites for hydroxylation is 1. The van der Waals surface area contributed by atoms with Crippen LogP contribution >= 0.6 is 0 Å². The molecule has 4 nitrogen and oxygen atoms in total. The van der Waals surface area contributed by atoms with E-state index in [0.717, 1.165) is 24.2 Å². The van der Waals surface area contributed by atoms with E-state index in [1.165, 1.54) is 0 Å². The summed E-state index contributed by atoms with van der Waals surface area (Å²) in [5.41, 5.74) is 1.16. The van der Waals surface area contributed by atoms with Crippen molar-refractivity contribution in [3.8, 4) is 5.75 Å². The summed E-state index contributed by atoms with van der Waals surface area (Å²) in [7, 11) is 1.62. The molecule has 0 atom stereocenters. The summed E-state index contributed by atoms with van der Waals surface area (Å²) in [5.74, 6) is -1.23. The van der Waals surface area contributed by atoms with Crippen molar-refractivity contribution in [2.75, 3.05) is 7.11 Å². The molecule has 0 saturated carbocycles. The predicted molar refractivity (Wildman–Crippen MR) is 63.2 cm³/mol. The molecule has 1 N–H and O–H groups in total. The summed E-state index contributed by atoms with van der Waals surface area (Å²) >= 11 is 0. The monoisotopic (exact) mass is 236 g/mol. The lowest BCUT2D eigenvalue weighted by molar-refractivity contribution is -0.149. The third-order valence-corrected chi connectivity index (χ3v) is 2.52. The van der Waals surface area contributed by atoms with Gasteiger partial charge in [-0.1, -0.05) is 12.1 Å². The second-order valence-electron chi connectivity index (χ2n) is 3.78. The molecule has 92 valence electrons. The summed E-state index contributed by atoms with van der Waals surface area (Å²) < 4.78 is 5.04. The highest BCUT2D eigenvalue weighted by Crippen LogP contribution is 2.13. The van der Waals surface area contributed by atoms with Gasteiger partial charge in [0.05, 0.1) is 7.11 Å². The molecule has 0 aromatic heterocycles. The van der Waals surface area contributed by atoms with Crippen molar-refractivity contribution in [2.45, 2.75) is 25.7 Å². The maximum Gasteiger partial charge on any atom is 0.372 e. The van der Waals surface area contributed by atoms with Gasteiger partial charge in [0.2, 0.25) is 5.78 Å². The van der Waals surface area contributed by atoms with E-state index in [1.807, 2.05) is 24.3 Å². The molecule has 0 spiro atoms. The fraction of sp³-hybridized carbons (Fsp3) is 0.385. The van der Waals surface area contributed by atoms with Crippen LogP contribution in [0.5, 0.6) is 5.75 Å². The lowest BCUT2D eigenvalue weighted by Crippen LogP contribution is -2.11. The lowest BCUT2D eigenvalue weighted by atomic mass is 10.1. The second kappa shape index (κ2) is 6.68. The van der Waals surface area contributed by atoms with Crippen LogP contribution in [-0.4, -0.2) is 24.0 Å². The fourth-order valence-corrected chi connectivity index (χ4v) is 1.51. The Morgan fingerprint density at radius 2 is 1.82 bits per heavy atom. The van der Waals surface area contributed by atoms with Gasteiger partial charge in [0, 0.05) is 6.42 Å². The van der Waals surface area contributed by atoms with Crippen LogP contribution in [0.25, 0.3) is 0 Å². The number of methoxy groups -OCH3 is 1. The van der Waals surface area contributed by atoms with Gasteiger partial charge in [-0.25, -0.2) is 4.79 Å². The first kappa shape index (κ1) is 13.2. The molecule has 1 aromatic carbocycles. The Labute approximate surface area is 100 Å². The van der Waals surface area contributed by atoms with Gasteiger partial charge in [-0.2, -0.15) is 0 Å². The van der Waals surface area contributed by atoms with E-state index < -0.39 is 11.8 Å². The minimum Gasteiger partial charge on any atom is -0.497 e. The second-order valence-corrected chi connectivity index (χ2v) is 3.78.